The summed E-state index contributed by atoms with van der Waals surface area (Å²) < 4.78 is 11.2. The van der Waals surface area contributed by atoms with Gasteiger partial charge in [0.2, 0.25) is 0 Å². The minimum Gasteiger partial charge on any atom is -0.493 e. The molecule has 30 heavy (non-hydrogen) atoms. The smallest absolute Gasteiger partial charge is 0.329 e. The van der Waals surface area contributed by atoms with Gasteiger partial charge in [0.25, 0.3) is 5.91 Å². The third-order valence-corrected chi connectivity index (χ3v) is 5.35. The highest BCUT2D eigenvalue weighted by Gasteiger charge is 2.34. The average Bonchev–Trinajstić information content (AvgIpc) is 2.98. The number of amides is 3. The van der Waals surface area contributed by atoms with E-state index in [-0.39, 0.29) is 18.3 Å². The molecule has 0 saturated carbocycles. The van der Waals surface area contributed by atoms with Gasteiger partial charge in [0, 0.05) is 5.02 Å². The summed E-state index contributed by atoms with van der Waals surface area (Å²) in [4.78, 5) is 26.2. The first-order chi connectivity index (χ1) is 14.3. The molecule has 6 nitrogen and oxygen atoms in total. The summed E-state index contributed by atoms with van der Waals surface area (Å²) in [6.45, 7) is 4.02. The Morgan fingerprint density at radius 3 is 2.57 bits per heavy atom. The molecule has 1 saturated heterocycles. The van der Waals surface area contributed by atoms with Crippen molar-refractivity contribution >= 4 is 41.2 Å². The molecule has 0 bridgehead atoms. The maximum Gasteiger partial charge on any atom is 0.329 e. The van der Waals surface area contributed by atoms with Crippen molar-refractivity contribution in [2.45, 2.75) is 32.9 Å². The minimum absolute atomic E-state index is 0.0327. The summed E-state index contributed by atoms with van der Waals surface area (Å²) in [5.74, 6) is 0.437. The number of halogens is 2. The number of methoxy groups -OCH3 is 1. The lowest BCUT2D eigenvalue weighted by molar-refractivity contribution is -0.123. The lowest BCUT2D eigenvalue weighted by atomic mass is 10.1. The number of ether oxygens (including phenoxy) is 2. The summed E-state index contributed by atoms with van der Waals surface area (Å²) >= 11 is 12.5. The second-order valence-electron chi connectivity index (χ2n) is 6.84. The van der Waals surface area contributed by atoms with Crippen LogP contribution >= 0.6 is 23.2 Å². The second kappa shape index (κ2) is 9.41. The third kappa shape index (κ3) is 4.71. The van der Waals surface area contributed by atoms with Crippen LogP contribution in [0.4, 0.5) is 4.79 Å². The molecule has 0 aromatic heterocycles. The van der Waals surface area contributed by atoms with E-state index in [1.54, 1.807) is 42.5 Å². The predicted molar refractivity (Wildman–Crippen MR) is 117 cm³/mol. The molecule has 1 aliphatic rings. The zero-order chi connectivity index (χ0) is 21.8. The van der Waals surface area contributed by atoms with Crippen molar-refractivity contribution in [3.8, 4) is 11.5 Å². The highest BCUT2D eigenvalue weighted by Crippen LogP contribution is 2.38. The molecular formula is C22H22Cl2N2O4. The molecule has 0 radical (unpaired) electrons. The van der Waals surface area contributed by atoms with Gasteiger partial charge in [0.05, 0.1) is 24.8 Å². The van der Waals surface area contributed by atoms with E-state index in [0.717, 1.165) is 11.3 Å². The topological polar surface area (TPSA) is 67.9 Å². The van der Waals surface area contributed by atoms with Crippen LogP contribution in [-0.4, -0.2) is 30.1 Å². The number of carbonyl (C=O) groups excluding carboxylic acids is 2. The van der Waals surface area contributed by atoms with Crippen molar-refractivity contribution in [1.29, 1.82) is 0 Å². The highest BCUT2D eigenvalue weighted by atomic mass is 35.5. The first-order valence-corrected chi connectivity index (χ1v) is 10.2. The Morgan fingerprint density at radius 1 is 1.17 bits per heavy atom. The van der Waals surface area contributed by atoms with Gasteiger partial charge < -0.3 is 14.8 Å². The van der Waals surface area contributed by atoms with E-state index >= 15 is 0 Å². The summed E-state index contributed by atoms with van der Waals surface area (Å²) in [5, 5.41) is 3.44. The van der Waals surface area contributed by atoms with Crippen molar-refractivity contribution in [2.24, 2.45) is 0 Å². The number of hydrogen-bond donors (Lipinski definition) is 1. The molecule has 1 atom stereocenters. The number of nitrogens with zero attached hydrogens (tertiary/aromatic N) is 1. The van der Waals surface area contributed by atoms with Crippen molar-refractivity contribution in [3.05, 3.63) is 63.3 Å². The normalized spacial score (nSPS) is 16.0. The molecule has 1 N–H and O–H groups in total. The Balaban J connectivity index is 1.86. The van der Waals surface area contributed by atoms with Crippen LogP contribution in [0.5, 0.6) is 11.5 Å². The van der Waals surface area contributed by atoms with E-state index in [0.29, 0.717) is 32.7 Å². The van der Waals surface area contributed by atoms with Crippen LogP contribution in [0, 0.1) is 0 Å². The first kappa shape index (κ1) is 22.0. The standard InChI is InChI=1S/C22H22Cl2N2O4/c1-4-13(2)30-20-17(24)9-14(11-19(20)29-3)10-18-21(27)26(22(28)25-18)12-15-7-5-6-8-16(15)23/h5-11,13H,4,12H2,1-3H3,(H,25,28)/b18-10-/t13-/m0/s1. The molecule has 2 aromatic rings. The third-order valence-electron chi connectivity index (χ3n) is 4.71. The van der Waals surface area contributed by atoms with Gasteiger partial charge in [0.1, 0.15) is 5.70 Å². The van der Waals surface area contributed by atoms with Crippen molar-refractivity contribution < 1.29 is 19.1 Å². The molecule has 2 aromatic carbocycles. The van der Waals surface area contributed by atoms with Gasteiger partial charge >= 0.3 is 6.03 Å². The van der Waals surface area contributed by atoms with Crippen LogP contribution in [0.3, 0.4) is 0 Å². The van der Waals surface area contributed by atoms with Crippen molar-refractivity contribution in [3.63, 3.8) is 0 Å². The molecular weight excluding hydrogens is 427 g/mol. The molecule has 1 fully saturated rings. The second-order valence-corrected chi connectivity index (χ2v) is 7.66. The Labute approximate surface area is 185 Å². The number of rotatable bonds is 7. The van der Waals surface area contributed by atoms with Gasteiger partial charge in [-0.15, -0.1) is 0 Å². The molecule has 1 aliphatic heterocycles. The van der Waals surface area contributed by atoms with Gasteiger partial charge in [-0.05, 0) is 48.7 Å². The number of nitrogens with one attached hydrogen (secondary N) is 1. The van der Waals surface area contributed by atoms with E-state index in [4.69, 9.17) is 32.7 Å². The zero-order valence-corrected chi connectivity index (χ0v) is 18.4. The molecule has 8 heteroatoms. The van der Waals surface area contributed by atoms with Gasteiger partial charge in [-0.3, -0.25) is 9.69 Å². The first-order valence-electron chi connectivity index (χ1n) is 9.46. The number of urea groups is 1. The fourth-order valence-corrected chi connectivity index (χ4v) is 3.36. The molecule has 158 valence electrons. The van der Waals surface area contributed by atoms with Gasteiger partial charge in [-0.25, -0.2) is 4.79 Å². The molecule has 3 amide bonds. The number of hydrogen-bond acceptors (Lipinski definition) is 4. The van der Waals surface area contributed by atoms with Crippen LogP contribution in [0.25, 0.3) is 6.08 Å². The number of imide groups is 1. The maximum absolute atomic E-state index is 12.8. The fraction of sp³-hybridized carbons (Fsp3) is 0.273. The summed E-state index contributed by atoms with van der Waals surface area (Å²) in [6.07, 6.45) is 2.33. The zero-order valence-electron chi connectivity index (χ0n) is 16.9. The van der Waals surface area contributed by atoms with Gasteiger partial charge in [0.15, 0.2) is 11.5 Å². The van der Waals surface area contributed by atoms with Crippen LogP contribution in [0.2, 0.25) is 10.0 Å². The molecule has 3 rings (SSSR count). The largest absolute Gasteiger partial charge is 0.493 e. The van der Waals surface area contributed by atoms with E-state index < -0.39 is 11.9 Å². The van der Waals surface area contributed by atoms with Crippen LogP contribution < -0.4 is 14.8 Å². The van der Waals surface area contributed by atoms with Crippen molar-refractivity contribution in [1.82, 2.24) is 10.2 Å². The Hall–Kier alpha value is -2.70. The van der Waals surface area contributed by atoms with Gasteiger partial charge in [-0.2, -0.15) is 0 Å². The fourth-order valence-electron chi connectivity index (χ4n) is 2.90. The van der Waals surface area contributed by atoms with Crippen molar-refractivity contribution in [2.75, 3.05) is 7.11 Å². The highest BCUT2D eigenvalue weighted by molar-refractivity contribution is 6.32. The molecule has 0 aliphatic carbocycles. The summed E-state index contributed by atoms with van der Waals surface area (Å²) in [5.41, 5.74) is 1.41. The predicted octanol–water partition coefficient (Wildman–Crippen LogP) is 5.27. The lowest BCUT2D eigenvalue weighted by Gasteiger charge is -2.17. The lowest BCUT2D eigenvalue weighted by Crippen LogP contribution is -2.30. The minimum atomic E-state index is -0.513. The van der Waals surface area contributed by atoms with E-state index in [9.17, 15) is 9.59 Å². The van der Waals surface area contributed by atoms with E-state index in [1.165, 1.54) is 7.11 Å². The summed E-state index contributed by atoms with van der Waals surface area (Å²) in [6, 6.07) is 9.91. The number of carbonyl (C=O) groups is 2. The Morgan fingerprint density at radius 2 is 1.90 bits per heavy atom. The summed E-state index contributed by atoms with van der Waals surface area (Å²) in [7, 11) is 1.51. The van der Waals surface area contributed by atoms with Crippen LogP contribution in [0.15, 0.2) is 42.1 Å². The van der Waals surface area contributed by atoms with Gasteiger partial charge in [-0.1, -0.05) is 48.3 Å². The average molecular weight is 449 g/mol. The maximum atomic E-state index is 12.8. The molecule has 0 spiro atoms. The molecule has 1 heterocycles. The number of benzene rings is 2. The Kier molecular flexibility index (Phi) is 6.90. The SMILES string of the molecule is CC[C@H](C)Oc1c(Cl)cc(/C=C2\NC(=O)N(Cc3ccccc3Cl)C2=O)cc1OC. The van der Waals surface area contributed by atoms with E-state index in [1.807, 2.05) is 13.8 Å². The molecule has 0 unspecified atom stereocenters. The monoisotopic (exact) mass is 448 g/mol. The Bertz CT molecular complexity index is 1010. The van der Waals surface area contributed by atoms with Crippen LogP contribution in [-0.2, 0) is 11.3 Å². The van der Waals surface area contributed by atoms with Crippen LogP contribution in [0.1, 0.15) is 31.4 Å². The van der Waals surface area contributed by atoms with E-state index in [2.05, 4.69) is 5.32 Å². The quantitative estimate of drug-likeness (QED) is 0.462.